The van der Waals surface area contributed by atoms with E-state index in [-0.39, 0.29) is 5.95 Å². The third-order valence-corrected chi connectivity index (χ3v) is 3.82. The van der Waals surface area contributed by atoms with Gasteiger partial charge in [-0.3, -0.25) is 0 Å². The zero-order valence-corrected chi connectivity index (χ0v) is 12.5. The minimum absolute atomic E-state index is 0.163. The number of pyridine rings is 1. The number of hydrogen-bond donors (Lipinski definition) is 2. The maximum absolute atomic E-state index is 6.25. The van der Waals surface area contributed by atoms with Gasteiger partial charge in [0.05, 0.1) is 0 Å². The van der Waals surface area contributed by atoms with Crippen LogP contribution in [-0.4, -0.2) is 15.0 Å². The third kappa shape index (κ3) is 2.17. The number of fused-ring (bicyclic) bond motifs is 1. The molecule has 2 aromatic heterocycles. The van der Waals surface area contributed by atoms with E-state index in [9.17, 15) is 0 Å². The van der Waals surface area contributed by atoms with Crippen LogP contribution in [0.5, 0.6) is 0 Å². The van der Waals surface area contributed by atoms with Gasteiger partial charge in [-0.1, -0.05) is 33.6 Å². The van der Waals surface area contributed by atoms with Gasteiger partial charge in [0.15, 0.2) is 5.65 Å². The van der Waals surface area contributed by atoms with Crippen molar-refractivity contribution in [3.05, 3.63) is 40.0 Å². The summed E-state index contributed by atoms with van der Waals surface area (Å²) in [5.41, 5.74) is 13.5. The van der Waals surface area contributed by atoms with Gasteiger partial charge < -0.3 is 11.5 Å². The van der Waals surface area contributed by atoms with Crippen LogP contribution in [0.25, 0.3) is 22.2 Å². The fourth-order valence-electron chi connectivity index (χ4n) is 1.95. The SMILES string of the molecule is Nc1ncc2cc(-c3c(Cl)cccc3Br)c(N)nc2n1. The number of nitrogens with zero attached hydrogens (tertiary/aromatic N) is 3. The predicted molar refractivity (Wildman–Crippen MR) is 84.3 cm³/mol. The topological polar surface area (TPSA) is 90.7 Å². The van der Waals surface area contributed by atoms with Gasteiger partial charge in [-0.15, -0.1) is 0 Å². The van der Waals surface area contributed by atoms with Gasteiger partial charge in [-0.2, -0.15) is 4.98 Å². The summed E-state index contributed by atoms with van der Waals surface area (Å²) >= 11 is 9.72. The van der Waals surface area contributed by atoms with E-state index in [1.54, 1.807) is 12.3 Å². The average molecular weight is 351 g/mol. The van der Waals surface area contributed by atoms with Crippen molar-refractivity contribution >= 4 is 50.3 Å². The highest BCUT2D eigenvalue weighted by Gasteiger charge is 2.13. The zero-order chi connectivity index (χ0) is 14.3. The largest absolute Gasteiger partial charge is 0.383 e. The molecule has 3 rings (SSSR count). The van der Waals surface area contributed by atoms with Crippen LogP contribution in [0.4, 0.5) is 11.8 Å². The van der Waals surface area contributed by atoms with Crippen molar-refractivity contribution in [1.82, 2.24) is 15.0 Å². The van der Waals surface area contributed by atoms with Crippen LogP contribution in [0.3, 0.4) is 0 Å². The van der Waals surface area contributed by atoms with E-state index in [0.717, 1.165) is 21.0 Å². The summed E-state index contributed by atoms with van der Waals surface area (Å²) in [5.74, 6) is 0.500. The Labute approximate surface area is 128 Å². The molecule has 0 atom stereocenters. The summed E-state index contributed by atoms with van der Waals surface area (Å²) in [6.07, 6.45) is 1.61. The molecule has 0 bridgehead atoms. The number of anilines is 2. The second-order valence-electron chi connectivity index (χ2n) is 4.16. The molecule has 7 heteroatoms. The molecule has 0 spiro atoms. The molecule has 4 N–H and O–H groups in total. The summed E-state index contributed by atoms with van der Waals surface area (Å²) in [4.78, 5) is 12.3. The molecule has 0 fully saturated rings. The van der Waals surface area contributed by atoms with Gasteiger partial charge in [0, 0.05) is 32.2 Å². The smallest absolute Gasteiger partial charge is 0.222 e. The molecule has 0 saturated heterocycles. The van der Waals surface area contributed by atoms with E-state index in [1.807, 2.05) is 18.2 Å². The number of halogens is 2. The molecular weight excluding hydrogens is 342 g/mol. The zero-order valence-electron chi connectivity index (χ0n) is 10.1. The van der Waals surface area contributed by atoms with Crippen LogP contribution in [0.1, 0.15) is 0 Å². The van der Waals surface area contributed by atoms with Gasteiger partial charge in [-0.25, -0.2) is 9.97 Å². The highest BCUT2D eigenvalue weighted by atomic mass is 79.9. The summed E-state index contributed by atoms with van der Waals surface area (Å²) in [6, 6.07) is 7.39. The maximum atomic E-state index is 6.25. The Balaban J connectivity index is 2.32. The lowest BCUT2D eigenvalue weighted by Crippen LogP contribution is -2.00. The van der Waals surface area contributed by atoms with Gasteiger partial charge in [0.25, 0.3) is 0 Å². The standard InChI is InChI=1S/C13H9BrClN5/c14-8-2-1-3-9(15)10(8)7-4-6-5-18-13(17)20-12(6)19-11(7)16/h1-5H,(H4,16,17,18,19,20). The molecule has 0 aliphatic heterocycles. The molecule has 0 unspecified atom stereocenters. The lowest BCUT2D eigenvalue weighted by molar-refractivity contribution is 1.20. The molecule has 3 aromatic rings. The van der Waals surface area contributed by atoms with Gasteiger partial charge in [0.2, 0.25) is 5.95 Å². The lowest BCUT2D eigenvalue weighted by atomic mass is 10.1. The minimum atomic E-state index is 0.163. The van der Waals surface area contributed by atoms with Crippen molar-refractivity contribution in [2.24, 2.45) is 0 Å². The summed E-state index contributed by atoms with van der Waals surface area (Å²) < 4.78 is 0.842. The van der Waals surface area contributed by atoms with E-state index >= 15 is 0 Å². The number of rotatable bonds is 1. The number of nitrogens with two attached hydrogens (primary N) is 2. The first-order valence-corrected chi connectivity index (χ1v) is 6.86. The van der Waals surface area contributed by atoms with Crippen molar-refractivity contribution in [1.29, 1.82) is 0 Å². The van der Waals surface area contributed by atoms with Crippen LogP contribution < -0.4 is 11.5 Å². The summed E-state index contributed by atoms with van der Waals surface area (Å²) in [5, 5.41) is 1.33. The molecule has 0 saturated carbocycles. The molecule has 0 aliphatic rings. The second-order valence-corrected chi connectivity index (χ2v) is 5.42. The van der Waals surface area contributed by atoms with Crippen LogP contribution in [0, 0.1) is 0 Å². The molecule has 2 heterocycles. The van der Waals surface area contributed by atoms with Crippen molar-refractivity contribution < 1.29 is 0 Å². The highest BCUT2D eigenvalue weighted by Crippen LogP contribution is 2.38. The van der Waals surface area contributed by atoms with Crippen LogP contribution in [0.2, 0.25) is 5.02 Å². The molecule has 0 radical (unpaired) electrons. The van der Waals surface area contributed by atoms with E-state index in [4.69, 9.17) is 23.1 Å². The van der Waals surface area contributed by atoms with Gasteiger partial charge >= 0.3 is 0 Å². The molecular formula is C13H9BrClN5. The Morgan fingerprint density at radius 2 is 1.95 bits per heavy atom. The van der Waals surface area contributed by atoms with Crippen molar-refractivity contribution in [2.75, 3.05) is 11.5 Å². The maximum Gasteiger partial charge on any atom is 0.222 e. The Kier molecular flexibility index (Phi) is 3.19. The first kappa shape index (κ1) is 13.1. The van der Waals surface area contributed by atoms with Crippen molar-refractivity contribution in [2.45, 2.75) is 0 Å². The first-order chi connectivity index (χ1) is 9.56. The quantitative estimate of drug-likeness (QED) is 0.703. The number of benzene rings is 1. The molecule has 5 nitrogen and oxygen atoms in total. The Morgan fingerprint density at radius 1 is 1.15 bits per heavy atom. The highest BCUT2D eigenvalue weighted by molar-refractivity contribution is 9.10. The summed E-state index contributed by atoms with van der Waals surface area (Å²) in [6.45, 7) is 0. The fourth-order valence-corrected chi connectivity index (χ4v) is 2.92. The van der Waals surface area contributed by atoms with Crippen molar-refractivity contribution in [3.63, 3.8) is 0 Å². The Bertz CT molecular complexity index is 801. The Hall–Kier alpha value is -1.92. The second kappa shape index (κ2) is 4.88. The van der Waals surface area contributed by atoms with Crippen molar-refractivity contribution in [3.8, 4) is 11.1 Å². The normalized spacial score (nSPS) is 10.9. The van der Waals surface area contributed by atoms with E-state index in [1.165, 1.54) is 0 Å². The number of hydrogen-bond acceptors (Lipinski definition) is 5. The molecule has 0 amide bonds. The number of aromatic nitrogens is 3. The number of nitrogen functional groups attached to an aromatic ring is 2. The monoisotopic (exact) mass is 349 g/mol. The van der Waals surface area contributed by atoms with Crippen LogP contribution in [0.15, 0.2) is 34.9 Å². The molecule has 100 valence electrons. The van der Waals surface area contributed by atoms with E-state index < -0.39 is 0 Å². The fraction of sp³-hybridized carbons (Fsp3) is 0. The molecule has 20 heavy (non-hydrogen) atoms. The van der Waals surface area contributed by atoms with Crippen LogP contribution in [-0.2, 0) is 0 Å². The third-order valence-electron chi connectivity index (χ3n) is 2.85. The van der Waals surface area contributed by atoms with Crippen LogP contribution >= 0.6 is 27.5 Å². The van der Waals surface area contributed by atoms with E-state index in [0.29, 0.717) is 16.5 Å². The summed E-state index contributed by atoms with van der Waals surface area (Å²) in [7, 11) is 0. The van der Waals surface area contributed by atoms with Gasteiger partial charge in [-0.05, 0) is 18.2 Å². The molecule has 1 aromatic carbocycles. The van der Waals surface area contributed by atoms with E-state index in [2.05, 4.69) is 30.9 Å². The first-order valence-electron chi connectivity index (χ1n) is 5.69. The lowest BCUT2D eigenvalue weighted by Gasteiger charge is -2.10. The molecule has 0 aliphatic carbocycles. The van der Waals surface area contributed by atoms with Gasteiger partial charge in [0.1, 0.15) is 5.82 Å². The average Bonchev–Trinajstić information content (AvgIpc) is 2.39. The minimum Gasteiger partial charge on any atom is -0.383 e. The predicted octanol–water partition coefficient (Wildman–Crippen LogP) is 3.27. The Morgan fingerprint density at radius 3 is 2.70 bits per heavy atom.